The molecule has 2 saturated heterocycles. The summed E-state index contributed by atoms with van der Waals surface area (Å²) in [6.45, 7) is 3.77. The average Bonchev–Trinajstić information content (AvgIpc) is 2.68. The largest absolute Gasteiger partial charge is 0.368 e. The van der Waals surface area contributed by atoms with Crippen LogP contribution in [0.4, 0.5) is 5.69 Å². The van der Waals surface area contributed by atoms with Gasteiger partial charge < -0.3 is 9.80 Å². The third kappa shape index (κ3) is 4.02. The lowest BCUT2D eigenvalue weighted by Gasteiger charge is -2.39. The number of rotatable bonds is 4. The molecule has 2 aliphatic heterocycles. The molecule has 2 aliphatic rings. The molecule has 0 aliphatic carbocycles. The van der Waals surface area contributed by atoms with Crippen LogP contribution in [0.5, 0.6) is 0 Å². The molecule has 1 amide bonds. The number of piperazine rings is 1. The summed E-state index contributed by atoms with van der Waals surface area (Å²) in [5.41, 5.74) is 1.18. The number of benzene rings is 1. The van der Waals surface area contributed by atoms with Gasteiger partial charge in [0.2, 0.25) is 5.91 Å². The Labute approximate surface area is 156 Å². The van der Waals surface area contributed by atoms with Crippen LogP contribution in [0.15, 0.2) is 30.3 Å². The van der Waals surface area contributed by atoms with Crippen molar-refractivity contribution in [3.63, 3.8) is 0 Å². The van der Waals surface area contributed by atoms with E-state index in [1.54, 1.807) is 0 Å². The maximum atomic E-state index is 12.9. The van der Waals surface area contributed by atoms with Crippen molar-refractivity contribution in [3.8, 4) is 0 Å². The Kier molecular flexibility index (Phi) is 5.84. The Morgan fingerprint density at radius 2 is 1.69 bits per heavy atom. The number of carbonyl (C=O) groups excluding carboxylic acids is 1. The number of carbonyl (C=O) groups is 1. The lowest BCUT2D eigenvalue weighted by atomic mass is 9.97. The van der Waals surface area contributed by atoms with Gasteiger partial charge in [-0.25, -0.2) is 0 Å². The Morgan fingerprint density at radius 1 is 1.04 bits per heavy atom. The topological polar surface area (TPSA) is 64.2 Å². The summed E-state index contributed by atoms with van der Waals surface area (Å²) in [5.74, 6) is -0.141. The quantitative estimate of drug-likeness (QED) is 0.777. The van der Waals surface area contributed by atoms with E-state index in [2.05, 4.69) is 17.0 Å². The van der Waals surface area contributed by atoms with E-state index in [0.29, 0.717) is 19.6 Å². The van der Waals surface area contributed by atoms with Crippen molar-refractivity contribution in [2.75, 3.05) is 58.3 Å². The molecule has 8 heteroatoms. The van der Waals surface area contributed by atoms with Crippen molar-refractivity contribution in [1.82, 2.24) is 13.5 Å². The molecule has 0 radical (unpaired) electrons. The predicted molar refractivity (Wildman–Crippen MR) is 102 cm³/mol. The SMILES string of the molecule is CN(C)S(=O)(=O)N1CCC[C@H](C(=O)N2CCN(c3ccccc3)CC2)C1. The van der Waals surface area contributed by atoms with Gasteiger partial charge in [0.1, 0.15) is 0 Å². The second-order valence-electron chi connectivity index (χ2n) is 7.14. The first kappa shape index (κ1) is 19.1. The number of hydrogen-bond acceptors (Lipinski definition) is 4. The van der Waals surface area contributed by atoms with Crippen LogP contribution >= 0.6 is 0 Å². The van der Waals surface area contributed by atoms with E-state index in [-0.39, 0.29) is 18.4 Å². The molecule has 2 fully saturated rings. The fourth-order valence-electron chi connectivity index (χ4n) is 3.67. The Balaban J connectivity index is 1.58. The molecule has 0 N–H and O–H groups in total. The minimum absolute atomic E-state index is 0.0939. The maximum absolute atomic E-state index is 12.9. The normalized spacial score (nSPS) is 22.7. The van der Waals surface area contributed by atoms with Gasteiger partial charge in [-0.3, -0.25) is 4.79 Å². The fourth-order valence-corrected chi connectivity index (χ4v) is 4.86. The second-order valence-corrected chi connectivity index (χ2v) is 9.28. The highest BCUT2D eigenvalue weighted by Gasteiger charge is 2.35. The molecule has 1 aromatic carbocycles. The highest BCUT2D eigenvalue weighted by molar-refractivity contribution is 7.86. The lowest BCUT2D eigenvalue weighted by molar-refractivity contribution is -0.137. The van der Waals surface area contributed by atoms with Gasteiger partial charge >= 0.3 is 0 Å². The first-order chi connectivity index (χ1) is 12.4. The van der Waals surface area contributed by atoms with Crippen molar-refractivity contribution in [2.24, 2.45) is 5.92 Å². The minimum atomic E-state index is -3.45. The average molecular weight is 381 g/mol. The van der Waals surface area contributed by atoms with E-state index in [1.807, 2.05) is 23.1 Å². The predicted octanol–water partition coefficient (Wildman–Crippen LogP) is 0.854. The third-order valence-electron chi connectivity index (χ3n) is 5.23. The highest BCUT2D eigenvalue weighted by atomic mass is 32.2. The number of amides is 1. The van der Waals surface area contributed by atoms with E-state index in [4.69, 9.17) is 0 Å². The molecule has 144 valence electrons. The summed E-state index contributed by atoms with van der Waals surface area (Å²) in [6, 6.07) is 10.2. The number of anilines is 1. The van der Waals surface area contributed by atoms with Crippen LogP contribution in [-0.2, 0) is 15.0 Å². The van der Waals surface area contributed by atoms with E-state index >= 15 is 0 Å². The summed E-state index contributed by atoms with van der Waals surface area (Å²) in [4.78, 5) is 17.1. The van der Waals surface area contributed by atoms with Crippen LogP contribution in [0.2, 0.25) is 0 Å². The maximum Gasteiger partial charge on any atom is 0.281 e. The van der Waals surface area contributed by atoms with E-state index < -0.39 is 10.2 Å². The molecule has 0 spiro atoms. The number of nitrogens with zero attached hydrogens (tertiary/aromatic N) is 4. The summed E-state index contributed by atoms with van der Waals surface area (Å²) >= 11 is 0. The van der Waals surface area contributed by atoms with Crippen molar-refractivity contribution >= 4 is 21.8 Å². The molecular formula is C18H28N4O3S. The van der Waals surface area contributed by atoms with Crippen LogP contribution < -0.4 is 4.90 Å². The first-order valence-electron chi connectivity index (χ1n) is 9.16. The smallest absolute Gasteiger partial charge is 0.281 e. The first-order valence-corrected chi connectivity index (χ1v) is 10.6. The minimum Gasteiger partial charge on any atom is -0.368 e. The summed E-state index contributed by atoms with van der Waals surface area (Å²) in [5, 5.41) is 0. The van der Waals surface area contributed by atoms with Gasteiger partial charge in [0.05, 0.1) is 5.92 Å². The lowest BCUT2D eigenvalue weighted by Crippen LogP contribution is -2.54. The summed E-state index contributed by atoms with van der Waals surface area (Å²) in [7, 11) is -0.392. The van der Waals surface area contributed by atoms with Gasteiger partial charge in [-0.05, 0) is 25.0 Å². The molecule has 0 aromatic heterocycles. The van der Waals surface area contributed by atoms with E-state index in [1.165, 1.54) is 28.4 Å². The Bertz CT molecular complexity index is 715. The van der Waals surface area contributed by atoms with Crippen LogP contribution in [0.25, 0.3) is 0 Å². The third-order valence-corrected chi connectivity index (χ3v) is 7.14. The van der Waals surface area contributed by atoms with Gasteiger partial charge in [-0.1, -0.05) is 18.2 Å². The Hall–Kier alpha value is -1.64. The fraction of sp³-hybridized carbons (Fsp3) is 0.611. The zero-order chi connectivity index (χ0) is 18.7. The molecule has 3 rings (SSSR count). The van der Waals surface area contributed by atoms with Crippen molar-refractivity contribution in [3.05, 3.63) is 30.3 Å². The van der Waals surface area contributed by atoms with Crippen molar-refractivity contribution < 1.29 is 13.2 Å². The summed E-state index contributed by atoms with van der Waals surface area (Å²) < 4.78 is 27.4. The second kappa shape index (κ2) is 7.94. The highest BCUT2D eigenvalue weighted by Crippen LogP contribution is 2.23. The van der Waals surface area contributed by atoms with Crippen molar-refractivity contribution in [2.45, 2.75) is 12.8 Å². The molecule has 0 saturated carbocycles. The monoisotopic (exact) mass is 380 g/mol. The summed E-state index contributed by atoms with van der Waals surface area (Å²) in [6.07, 6.45) is 1.49. The standard InChI is InChI=1S/C18H28N4O3S/c1-19(2)26(24,25)22-10-6-7-16(15-22)18(23)21-13-11-20(12-14-21)17-8-4-3-5-9-17/h3-5,8-9,16H,6-7,10-15H2,1-2H3/t16-/m0/s1. The van der Waals surface area contributed by atoms with Crippen LogP contribution in [-0.4, -0.2) is 81.2 Å². The van der Waals surface area contributed by atoms with Crippen molar-refractivity contribution in [1.29, 1.82) is 0 Å². The van der Waals surface area contributed by atoms with Crippen LogP contribution in [0.3, 0.4) is 0 Å². The molecule has 0 bridgehead atoms. The number of hydrogen-bond donors (Lipinski definition) is 0. The van der Waals surface area contributed by atoms with Gasteiger partial charge in [-0.15, -0.1) is 0 Å². The van der Waals surface area contributed by atoms with Crippen LogP contribution in [0, 0.1) is 5.92 Å². The molecule has 26 heavy (non-hydrogen) atoms. The molecule has 1 aromatic rings. The van der Waals surface area contributed by atoms with Gasteiger partial charge in [0.25, 0.3) is 10.2 Å². The molecule has 1 atom stereocenters. The molecule has 7 nitrogen and oxygen atoms in total. The molecule has 0 unspecified atom stereocenters. The zero-order valence-corrected chi connectivity index (χ0v) is 16.4. The van der Waals surface area contributed by atoms with Gasteiger partial charge in [0.15, 0.2) is 0 Å². The van der Waals surface area contributed by atoms with E-state index in [0.717, 1.165) is 25.9 Å². The van der Waals surface area contributed by atoms with Crippen LogP contribution in [0.1, 0.15) is 12.8 Å². The zero-order valence-electron chi connectivity index (χ0n) is 15.5. The van der Waals surface area contributed by atoms with Gasteiger partial charge in [0, 0.05) is 59.1 Å². The molecule has 2 heterocycles. The molecular weight excluding hydrogens is 352 g/mol. The number of para-hydroxylation sites is 1. The van der Waals surface area contributed by atoms with E-state index in [9.17, 15) is 13.2 Å². The van der Waals surface area contributed by atoms with Gasteiger partial charge in [-0.2, -0.15) is 17.0 Å². The number of piperidine rings is 1. The Morgan fingerprint density at radius 3 is 2.31 bits per heavy atom.